The first kappa shape index (κ1) is 29.2. The second kappa shape index (κ2) is 12.8. The fourth-order valence-electron chi connectivity index (χ4n) is 8.72. The van der Waals surface area contributed by atoms with E-state index in [9.17, 15) is 0 Å². The molecule has 44 heavy (non-hydrogen) atoms. The number of para-hydroxylation sites is 1. The van der Waals surface area contributed by atoms with Gasteiger partial charge in [0, 0.05) is 16.5 Å². The number of hydrogen-bond acceptors (Lipinski definition) is 3. The van der Waals surface area contributed by atoms with Crippen molar-refractivity contribution >= 4 is 0 Å². The van der Waals surface area contributed by atoms with Crippen LogP contribution in [0.5, 0.6) is 11.5 Å². The summed E-state index contributed by atoms with van der Waals surface area (Å²) in [4.78, 5) is 0. The molecule has 4 aromatic rings. The van der Waals surface area contributed by atoms with Crippen LogP contribution in [0.3, 0.4) is 0 Å². The summed E-state index contributed by atoms with van der Waals surface area (Å²) < 4.78 is 20.3. The third-order valence-electron chi connectivity index (χ3n) is 10.7. The molecule has 0 amide bonds. The van der Waals surface area contributed by atoms with Gasteiger partial charge in [-0.2, -0.15) is 0 Å². The fourth-order valence-corrected chi connectivity index (χ4v) is 8.72. The van der Waals surface area contributed by atoms with E-state index in [-0.39, 0.29) is 11.7 Å². The van der Waals surface area contributed by atoms with Crippen molar-refractivity contribution in [3.8, 4) is 33.8 Å². The Labute approximate surface area is 263 Å². The predicted molar refractivity (Wildman–Crippen MR) is 179 cm³/mol. The van der Waals surface area contributed by atoms with Gasteiger partial charge in [0.05, 0.1) is 6.61 Å². The molecule has 0 heterocycles. The van der Waals surface area contributed by atoms with E-state index in [2.05, 4.69) is 117 Å². The van der Waals surface area contributed by atoms with Crippen LogP contribution < -0.4 is 9.47 Å². The SMILES string of the molecule is CCC(C)c1ccc(OC(OCCOc2c(-c3ccccc3)cccc2-c2ccccc2)C23CC4CC(CC(C4)C2)C3)cc1. The summed E-state index contributed by atoms with van der Waals surface area (Å²) in [5.41, 5.74) is 5.96. The van der Waals surface area contributed by atoms with Crippen LogP contribution in [0.15, 0.2) is 103 Å². The standard InChI is InChI=1S/C41H46O3/c1-3-29(2)33-17-19-36(20-18-33)44-40(41-26-30-23-31(27-41)25-32(24-30)28-41)43-22-21-42-39-37(34-11-6-4-7-12-34)15-10-16-38(39)35-13-8-5-9-14-35/h4-20,29-32,40H,3,21-28H2,1-2H3. The monoisotopic (exact) mass is 586 g/mol. The van der Waals surface area contributed by atoms with Crippen LogP contribution in [-0.2, 0) is 4.74 Å². The molecule has 4 fully saturated rings. The second-order valence-corrected chi connectivity index (χ2v) is 13.7. The highest BCUT2D eigenvalue weighted by molar-refractivity contribution is 5.82. The van der Waals surface area contributed by atoms with E-state index in [1.54, 1.807) is 0 Å². The minimum atomic E-state index is -0.257. The number of benzene rings is 4. The zero-order valence-electron chi connectivity index (χ0n) is 26.3. The Balaban J connectivity index is 1.12. The van der Waals surface area contributed by atoms with Crippen LogP contribution in [-0.4, -0.2) is 19.5 Å². The molecule has 4 aliphatic carbocycles. The molecule has 4 aromatic carbocycles. The van der Waals surface area contributed by atoms with Crippen LogP contribution in [0.1, 0.15) is 70.3 Å². The molecule has 3 nitrogen and oxygen atoms in total. The van der Waals surface area contributed by atoms with Crippen LogP contribution in [0, 0.1) is 23.2 Å². The van der Waals surface area contributed by atoms with E-state index in [1.807, 2.05) is 0 Å². The van der Waals surface area contributed by atoms with Gasteiger partial charge in [0.15, 0.2) is 0 Å². The molecule has 4 saturated carbocycles. The first-order valence-corrected chi connectivity index (χ1v) is 16.8. The van der Waals surface area contributed by atoms with Crippen LogP contribution in [0.25, 0.3) is 22.3 Å². The first-order chi connectivity index (χ1) is 21.6. The topological polar surface area (TPSA) is 27.7 Å². The Hall–Kier alpha value is -3.56. The van der Waals surface area contributed by atoms with Crippen molar-refractivity contribution in [3.63, 3.8) is 0 Å². The van der Waals surface area contributed by atoms with Crippen LogP contribution in [0.4, 0.5) is 0 Å². The summed E-state index contributed by atoms with van der Waals surface area (Å²) in [6, 6.07) is 36.2. The van der Waals surface area contributed by atoms with Crippen molar-refractivity contribution in [1.82, 2.24) is 0 Å². The van der Waals surface area contributed by atoms with Gasteiger partial charge in [0.1, 0.15) is 18.1 Å². The number of ether oxygens (including phenoxy) is 3. The normalized spacial score (nSPS) is 25.0. The van der Waals surface area contributed by atoms with Gasteiger partial charge in [-0.15, -0.1) is 0 Å². The molecule has 0 saturated heterocycles. The van der Waals surface area contributed by atoms with Gasteiger partial charge in [-0.05, 0) is 97.4 Å². The zero-order chi connectivity index (χ0) is 29.9. The van der Waals surface area contributed by atoms with Crippen LogP contribution >= 0.6 is 0 Å². The molecule has 0 aliphatic heterocycles. The molecule has 2 atom stereocenters. The molecule has 4 bridgehead atoms. The number of hydrogen-bond donors (Lipinski definition) is 0. The van der Waals surface area contributed by atoms with Crippen molar-refractivity contribution in [2.75, 3.05) is 13.2 Å². The molecular weight excluding hydrogens is 540 g/mol. The maximum absolute atomic E-state index is 6.83. The Bertz CT molecular complexity index is 1420. The summed E-state index contributed by atoms with van der Waals surface area (Å²) in [7, 11) is 0. The molecule has 0 N–H and O–H groups in total. The quantitative estimate of drug-likeness (QED) is 0.122. The van der Waals surface area contributed by atoms with Gasteiger partial charge < -0.3 is 14.2 Å². The van der Waals surface area contributed by atoms with Crippen molar-refractivity contribution in [3.05, 3.63) is 109 Å². The van der Waals surface area contributed by atoms with Gasteiger partial charge in [-0.25, -0.2) is 0 Å². The Morgan fingerprint density at radius 3 is 1.73 bits per heavy atom. The lowest BCUT2D eigenvalue weighted by Gasteiger charge is -2.58. The summed E-state index contributed by atoms with van der Waals surface area (Å²) in [6.07, 6.45) is 8.76. The second-order valence-electron chi connectivity index (χ2n) is 13.7. The third-order valence-corrected chi connectivity index (χ3v) is 10.7. The van der Waals surface area contributed by atoms with E-state index in [1.165, 1.54) is 44.1 Å². The molecular formula is C41H46O3. The van der Waals surface area contributed by atoms with Gasteiger partial charge in [-0.1, -0.05) is 105 Å². The van der Waals surface area contributed by atoms with Gasteiger partial charge in [0.2, 0.25) is 6.29 Å². The summed E-state index contributed by atoms with van der Waals surface area (Å²) in [6.45, 7) is 5.48. The highest BCUT2D eigenvalue weighted by Gasteiger charge is 2.56. The van der Waals surface area contributed by atoms with E-state index in [4.69, 9.17) is 14.2 Å². The third kappa shape index (κ3) is 6.04. The zero-order valence-corrected chi connectivity index (χ0v) is 26.3. The first-order valence-electron chi connectivity index (χ1n) is 16.8. The van der Waals surface area contributed by atoms with E-state index >= 15 is 0 Å². The predicted octanol–water partition coefficient (Wildman–Crippen LogP) is 10.6. The summed E-state index contributed by atoms with van der Waals surface area (Å²) in [5.74, 6) is 4.85. The average molecular weight is 587 g/mol. The van der Waals surface area contributed by atoms with E-state index < -0.39 is 0 Å². The Kier molecular flexibility index (Phi) is 8.49. The van der Waals surface area contributed by atoms with Crippen molar-refractivity contribution in [2.45, 2.75) is 71.0 Å². The Morgan fingerprint density at radius 1 is 0.659 bits per heavy atom. The molecule has 2 unspecified atom stereocenters. The largest absolute Gasteiger partial charge is 0.490 e. The highest BCUT2D eigenvalue weighted by atomic mass is 16.7. The molecule has 228 valence electrons. The Morgan fingerprint density at radius 2 is 1.20 bits per heavy atom. The molecule has 0 spiro atoms. The molecule has 3 heteroatoms. The fraction of sp³-hybridized carbons (Fsp3) is 0.415. The molecule has 8 rings (SSSR count). The van der Waals surface area contributed by atoms with Gasteiger partial charge >= 0.3 is 0 Å². The minimum Gasteiger partial charge on any atom is -0.490 e. The van der Waals surface area contributed by atoms with E-state index in [0.29, 0.717) is 19.1 Å². The van der Waals surface area contributed by atoms with Crippen molar-refractivity contribution in [1.29, 1.82) is 0 Å². The van der Waals surface area contributed by atoms with E-state index in [0.717, 1.165) is 57.9 Å². The van der Waals surface area contributed by atoms with Crippen molar-refractivity contribution < 1.29 is 14.2 Å². The summed E-state index contributed by atoms with van der Waals surface area (Å²) in [5, 5.41) is 0. The molecule has 0 radical (unpaired) electrons. The van der Waals surface area contributed by atoms with Gasteiger partial charge in [-0.3, -0.25) is 0 Å². The number of rotatable bonds is 12. The molecule has 0 aromatic heterocycles. The lowest BCUT2D eigenvalue weighted by atomic mass is 9.49. The van der Waals surface area contributed by atoms with Crippen molar-refractivity contribution in [2.24, 2.45) is 23.2 Å². The highest BCUT2D eigenvalue weighted by Crippen LogP contribution is 2.62. The van der Waals surface area contributed by atoms with Crippen LogP contribution in [0.2, 0.25) is 0 Å². The molecule has 4 aliphatic rings. The maximum Gasteiger partial charge on any atom is 0.205 e. The lowest BCUT2D eigenvalue weighted by molar-refractivity contribution is -0.217. The smallest absolute Gasteiger partial charge is 0.205 e. The summed E-state index contributed by atoms with van der Waals surface area (Å²) >= 11 is 0. The van der Waals surface area contributed by atoms with Gasteiger partial charge in [0.25, 0.3) is 0 Å². The lowest BCUT2D eigenvalue weighted by Crippen LogP contribution is -2.54. The maximum atomic E-state index is 6.83. The average Bonchev–Trinajstić information content (AvgIpc) is 3.06. The minimum absolute atomic E-state index is 0.0985.